The first kappa shape index (κ1) is 17.8. The highest BCUT2D eigenvalue weighted by Gasteiger charge is 2.14. The van der Waals surface area contributed by atoms with Crippen LogP contribution in [0.15, 0.2) is 29.2 Å². The molecule has 7 heteroatoms. The Kier molecular flexibility index (Phi) is 7.52. The van der Waals surface area contributed by atoms with Crippen LogP contribution in [0.25, 0.3) is 0 Å². The maximum Gasteiger partial charge on any atom is 0.240 e. The van der Waals surface area contributed by atoms with Crippen molar-refractivity contribution in [3.63, 3.8) is 0 Å². The van der Waals surface area contributed by atoms with Gasteiger partial charge in [0.05, 0.1) is 24.7 Å². The Labute approximate surface area is 125 Å². The van der Waals surface area contributed by atoms with E-state index in [0.717, 1.165) is 6.42 Å². The lowest BCUT2D eigenvalue weighted by Gasteiger charge is -2.07. The van der Waals surface area contributed by atoms with E-state index in [1.54, 1.807) is 0 Å². The van der Waals surface area contributed by atoms with Crippen molar-refractivity contribution >= 4 is 15.8 Å². The van der Waals surface area contributed by atoms with Crippen molar-refractivity contribution in [1.29, 1.82) is 0 Å². The molecule has 21 heavy (non-hydrogen) atoms. The Morgan fingerprint density at radius 3 is 2.48 bits per heavy atom. The molecule has 0 bridgehead atoms. The molecule has 1 aromatic rings. The number of nitrogens with one attached hydrogen (secondary N) is 1. The van der Waals surface area contributed by atoms with Gasteiger partial charge in [-0.15, -0.1) is 0 Å². The van der Waals surface area contributed by atoms with Crippen molar-refractivity contribution in [3.05, 3.63) is 29.8 Å². The fourth-order valence-corrected chi connectivity index (χ4v) is 2.70. The molecule has 0 aliphatic heterocycles. The van der Waals surface area contributed by atoms with Crippen LogP contribution in [0.3, 0.4) is 0 Å². The standard InChI is InChI=1S/C14H21NO5S/c1-2-3-14(17)12-4-6-13(7-5-12)21(18,19)15-8-10-20-11-9-16/h4-7,15-16H,2-3,8-11H2,1H3. The molecule has 2 N–H and O–H groups in total. The van der Waals surface area contributed by atoms with E-state index in [2.05, 4.69) is 4.72 Å². The zero-order valence-electron chi connectivity index (χ0n) is 12.0. The van der Waals surface area contributed by atoms with Crippen LogP contribution < -0.4 is 4.72 Å². The van der Waals surface area contributed by atoms with Crippen molar-refractivity contribution in [3.8, 4) is 0 Å². The van der Waals surface area contributed by atoms with Crippen LogP contribution in [0.4, 0.5) is 0 Å². The molecule has 0 aliphatic carbocycles. The number of benzene rings is 1. The lowest BCUT2D eigenvalue weighted by Crippen LogP contribution is -2.27. The third kappa shape index (κ3) is 5.92. The SMILES string of the molecule is CCCC(=O)c1ccc(S(=O)(=O)NCCOCCO)cc1. The fourth-order valence-electron chi connectivity index (χ4n) is 1.69. The third-order valence-corrected chi connectivity index (χ3v) is 4.21. The van der Waals surface area contributed by atoms with Gasteiger partial charge < -0.3 is 9.84 Å². The predicted molar refractivity (Wildman–Crippen MR) is 78.8 cm³/mol. The summed E-state index contributed by atoms with van der Waals surface area (Å²) in [4.78, 5) is 11.8. The van der Waals surface area contributed by atoms with Crippen LogP contribution in [0, 0.1) is 0 Å². The predicted octanol–water partition coefficient (Wildman–Crippen LogP) is 0.957. The second-order valence-electron chi connectivity index (χ2n) is 4.43. The summed E-state index contributed by atoms with van der Waals surface area (Å²) in [6.07, 6.45) is 1.21. The molecular weight excluding hydrogens is 294 g/mol. The first-order valence-electron chi connectivity index (χ1n) is 6.82. The highest BCUT2D eigenvalue weighted by molar-refractivity contribution is 7.89. The van der Waals surface area contributed by atoms with Gasteiger partial charge in [-0.05, 0) is 18.6 Å². The topological polar surface area (TPSA) is 92.7 Å². The van der Waals surface area contributed by atoms with Crippen LogP contribution in [0.1, 0.15) is 30.1 Å². The molecule has 0 saturated heterocycles. The van der Waals surface area contributed by atoms with E-state index in [1.165, 1.54) is 24.3 Å². The molecule has 0 amide bonds. The van der Waals surface area contributed by atoms with Crippen molar-refractivity contribution in [2.45, 2.75) is 24.7 Å². The van der Waals surface area contributed by atoms with Gasteiger partial charge in [-0.1, -0.05) is 19.1 Å². The van der Waals surface area contributed by atoms with Crippen LogP contribution in [-0.2, 0) is 14.8 Å². The van der Waals surface area contributed by atoms with Crippen molar-refractivity contribution in [2.24, 2.45) is 0 Å². The van der Waals surface area contributed by atoms with Gasteiger partial charge in [0.25, 0.3) is 0 Å². The Bertz CT molecular complexity index is 539. The number of sulfonamides is 1. The highest BCUT2D eigenvalue weighted by Crippen LogP contribution is 2.12. The van der Waals surface area contributed by atoms with Gasteiger partial charge in [0.1, 0.15) is 0 Å². The molecule has 0 fully saturated rings. The number of rotatable bonds is 10. The van der Waals surface area contributed by atoms with Crippen LogP contribution in [0.2, 0.25) is 0 Å². The molecule has 0 saturated carbocycles. The lowest BCUT2D eigenvalue weighted by atomic mass is 10.1. The second-order valence-corrected chi connectivity index (χ2v) is 6.20. The summed E-state index contributed by atoms with van der Waals surface area (Å²) >= 11 is 0. The molecule has 0 spiro atoms. The minimum absolute atomic E-state index is 0.00631. The molecule has 0 atom stereocenters. The van der Waals surface area contributed by atoms with Crippen molar-refractivity contribution in [2.75, 3.05) is 26.4 Å². The Morgan fingerprint density at radius 1 is 1.24 bits per heavy atom. The van der Waals surface area contributed by atoms with Crippen molar-refractivity contribution < 1.29 is 23.1 Å². The van der Waals surface area contributed by atoms with E-state index >= 15 is 0 Å². The molecule has 0 aliphatic rings. The van der Waals surface area contributed by atoms with Gasteiger partial charge >= 0.3 is 0 Å². The molecule has 0 unspecified atom stereocenters. The van der Waals surface area contributed by atoms with Gasteiger partial charge in [-0.25, -0.2) is 13.1 Å². The quantitative estimate of drug-likeness (QED) is 0.495. The van der Waals surface area contributed by atoms with E-state index in [-0.39, 0.29) is 37.0 Å². The fraction of sp³-hybridized carbons (Fsp3) is 0.500. The summed E-state index contributed by atoms with van der Waals surface area (Å²) < 4.78 is 31.3. The van der Waals surface area contributed by atoms with Crippen LogP contribution in [0.5, 0.6) is 0 Å². The zero-order chi connectivity index (χ0) is 15.7. The number of aliphatic hydroxyl groups is 1. The molecule has 6 nitrogen and oxygen atoms in total. The Hall–Kier alpha value is -1.28. The monoisotopic (exact) mass is 315 g/mol. The van der Waals surface area contributed by atoms with E-state index in [0.29, 0.717) is 12.0 Å². The van der Waals surface area contributed by atoms with Gasteiger partial charge in [0, 0.05) is 18.5 Å². The largest absolute Gasteiger partial charge is 0.394 e. The molecule has 0 aromatic heterocycles. The van der Waals surface area contributed by atoms with Gasteiger partial charge in [-0.3, -0.25) is 4.79 Å². The number of ether oxygens (including phenoxy) is 1. The molecule has 0 heterocycles. The van der Waals surface area contributed by atoms with Gasteiger partial charge in [0.2, 0.25) is 10.0 Å². The minimum Gasteiger partial charge on any atom is -0.394 e. The number of Topliss-reactive ketones (excluding diaryl/α,β-unsaturated/α-hetero) is 1. The Balaban J connectivity index is 2.61. The zero-order valence-corrected chi connectivity index (χ0v) is 12.9. The van der Waals surface area contributed by atoms with E-state index in [4.69, 9.17) is 9.84 Å². The smallest absolute Gasteiger partial charge is 0.240 e. The number of hydrogen-bond donors (Lipinski definition) is 2. The molecule has 118 valence electrons. The molecule has 0 radical (unpaired) electrons. The van der Waals surface area contributed by atoms with Crippen LogP contribution >= 0.6 is 0 Å². The first-order valence-corrected chi connectivity index (χ1v) is 8.31. The normalized spacial score (nSPS) is 11.5. The summed E-state index contributed by atoms with van der Waals surface area (Å²) in [5.74, 6) is 0.00631. The summed E-state index contributed by atoms with van der Waals surface area (Å²) in [6.45, 7) is 2.31. The number of ketones is 1. The number of hydrogen-bond acceptors (Lipinski definition) is 5. The Morgan fingerprint density at radius 2 is 1.90 bits per heavy atom. The average Bonchev–Trinajstić information content (AvgIpc) is 2.47. The second kappa shape index (κ2) is 8.89. The molecule has 1 aromatic carbocycles. The number of carbonyl (C=O) groups is 1. The van der Waals surface area contributed by atoms with Gasteiger partial charge in [0.15, 0.2) is 5.78 Å². The summed E-state index contributed by atoms with van der Waals surface area (Å²) in [5, 5.41) is 8.52. The van der Waals surface area contributed by atoms with Gasteiger partial charge in [-0.2, -0.15) is 0 Å². The highest BCUT2D eigenvalue weighted by atomic mass is 32.2. The van der Waals surface area contributed by atoms with Crippen molar-refractivity contribution in [1.82, 2.24) is 4.72 Å². The van der Waals surface area contributed by atoms with Crippen LogP contribution in [-0.4, -0.2) is 45.7 Å². The summed E-state index contributed by atoms with van der Waals surface area (Å²) in [6, 6.07) is 5.88. The maximum atomic E-state index is 12.0. The summed E-state index contributed by atoms with van der Waals surface area (Å²) in [5.41, 5.74) is 0.516. The van der Waals surface area contributed by atoms with E-state index < -0.39 is 10.0 Å². The third-order valence-electron chi connectivity index (χ3n) is 2.74. The maximum absolute atomic E-state index is 12.0. The first-order chi connectivity index (χ1) is 10.0. The molecule has 1 rings (SSSR count). The average molecular weight is 315 g/mol. The van der Waals surface area contributed by atoms with E-state index in [9.17, 15) is 13.2 Å². The molecular formula is C14H21NO5S. The number of aliphatic hydroxyl groups excluding tert-OH is 1. The summed E-state index contributed by atoms with van der Waals surface area (Å²) in [7, 11) is -3.61. The number of carbonyl (C=O) groups excluding carboxylic acids is 1. The lowest BCUT2D eigenvalue weighted by molar-refractivity contribution is 0.0961. The minimum atomic E-state index is -3.61. The van der Waals surface area contributed by atoms with E-state index in [1.807, 2.05) is 6.92 Å².